The number of aromatic nitrogens is 2. The lowest BCUT2D eigenvalue weighted by molar-refractivity contribution is -0.272. The molecule has 4 bridgehead atoms. The normalized spacial score (nSPS) is 27.6. The summed E-state index contributed by atoms with van der Waals surface area (Å²) in [5.41, 5.74) is 5.52. The number of H-pyrrole nitrogens is 2. The third-order valence-electron chi connectivity index (χ3n) is 8.41. The lowest BCUT2D eigenvalue weighted by atomic mass is 9.70. The number of carbonyl (C=O) groups is 1. The van der Waals surface area contributed by atoms with Gasteiger partial charge < -0.3 is 24.3 Å². The molecule has 184 valence electrons. The first-order valence-corrected chi connectivity index (χ1v) is 12.7. The third-order valence-corrected chi connectivity index (χ3v) is 8.41. The highest BCUT2D eigenvalue weighted by Gasteiger charge is 2.57. The van der Waals surface area contributed by atoms with Gasteiger partial charge in [0.25, 0.3) is 0 Å². The first-order valence-electron chi connectivity index (χ1n) is 12.7. The highest BCUT2D eigenvalue weighted by Crippen LogP contribution is 2.51. The molecule has 3 fully saturated rings. The molecule has 4 aromatic rings. The zero-order valence-electron chi connectivity index (χ0n) is 20.5. The lowest BCUT2D eigenvalue weighted by Gasteiger charge is -2.61. The standard InChI is InChI=1S/C29H30N4O3/c1-17-27-22-11-26(36-17)33(15-19-13-31-25-10-6-4-8-21(19)25)28(27)32(16-23(22)29(34)35-2)14-18-12-30-24-9-5-3-7-20(18)24/h3-10,12-13,16-17,22,26-28,30-31H,11,14-15H2,1-2H3/t17-,22+,26-,27+,28+/m1/s1. The Morgan fingerprint density at radius 3 is 2.31 bits per heavy atom. The van der Waals surface area contributed by atoms with E-state index in [0.29, 0.717) is 6.54 Å². The minimum Gasteiger partial charge on any atom is -0.466 e. The summed E-state index contributed by atoms with van der Waals surface area (Å²) < 4.78 is 11.8. The molecule has 5 atom stereocenters. The molecule has 0 saturated carbocycles. The summed E-state index contributed by atoms with van der Waals surface area (Å²) in [5, 5.41) is 2.45. The number of benzene rings is 2. The van der Waals surface area contributed by atoms with Crippen molar-refractivity contribution in [3.63, 3.8) is 0 Å². The number of piperidine rings is 1. The van der Waals surface area contributed by atoms with E-state index in [-0.39, 0.29) is 36.3 Å². The van der Waals surface area contributed by atoms with E-state index in [1.807, 2.05) is 6.07 Å². The maximum Gasteiger partial charge on any atom is 0.335 e. The fraction of sp³-hybridized carbons (Fsp3) is 0.345. The summed E-state index contributed by atoms with van der Waals surface area (Å²) >= 11 is 0. The second-order valence-electron chi connectivity index (χ2n) is 10.3. The zero-order valence-corrected chi connectivity index (χ0v) is 20.5. The van der Waals surface area contributed by atoms with Gasteiger partial charge in [-0.2, -0.15) is 0 Å². The van der Waals surface area contributed by atoms with Gasteiger partial charge in [0.2, 0.25) is 0 Å². The quantitative estimate of drug-likeness (QED) is 0.403. The lowest BCUT2D eigenvalue weighted by Crippen LogP contribution is -2.70. The number of para-hydroxylation sites is 2. The van der Waals surface area contributed by atoms with Crippen LogP contribution in [0, 0.1) is 11.8 Å². The highest BCUT2D eigenvalue weighted by atomic mass is 16.5. The molecule has 0 spiro atoms. The number of nitrogens with zero attached hydrogens (tertiary/aromatic N) is 2. The van der Waals surface area contributed by atoms with Crippen LogP contribution in [0.3, 0.4) is 0 Å². The molecule has 2 N–H and O–H groups in total. The van der Waals surface area contributed by atoms with Crippen molar-refractivity contribution in [2.75, 3.05) is 7.11 Å². The number of rotatable bonds is 5. The van der Waals surface area contributed by atoms with Crippen molar-refractivity contribution >= 4 is 27.8 Å². The van der Waals surface area contributed by atoms with Crippen LogP contribution in [0.5, 0.6) is 0 Å². The topological polar surface area (TPSA) is 73.6 Å². The molecule has 36 heavy (non-hydrogen) atoms. The van der Waals surface area contributed by atoms with Crippen molar-refractivity contribution in [1.82, 2.24) is 19.8 Å². The van der Waals surface area contributed by atoms with Crippen LogP contribution in [-0.4, -0.2) is 51.3 Å². The number of aromatic amines is 2. The average molecular weight is 483 g/mol. The number of methoxy groups -OCH3 is 1. The van der Waals surface area contributed by atoms with Gasteiger partial charge in [-0.3, -0.25) is 4.90 Å². The molecule has 3 saturated heterocycles. The number of fused-ring (bicyclic) bond motifs is 3. The Balaban J connectivity index is 1.31. The van der Waals surface area contributed by atoms with Crippen molar-refractivity contribution in [2.45, 2.75) is 44.9 Å². The van der Waals surface area contributed by atoms with Gasteiger partial charge in [0.15, 0.2) is 0 Å². The van der Waals surface area contributed by atoms with E-state index in [1.165, 1.54) is 29.0 Å². The minimum absolute atomic E-state index is 0.0526. The van der Waals surface area contributed by atoms with Crippen LogP contribution in [0.2, 0.25) is 0 Å². The number of ether oxygens (including phenoxy) is 2. The molecule has 7 heteroatoms. The molecule has 0 amide bonds. The van der Waals surface area contributed by atoms with Crippen molar-refractivity contribution < 1.29 is 14.3 Å². The summed E-state index contributed by atoms with van der Waals surface area (Å²) in [7, 11) is 1.48. The molecular formula is C29H30N4O3. The Bertz CT molecular complexity index is 1490. The fourth-order valence-electron chi connectivity index (χ4n) is 6.82. The van der Waals surface area contributed by atoms with Crippen LogP contribution < -0.4 is 0 Å². The Kier molecular flexibility index (Phi) is 4.98. The van der Waals surface area contributed by atoms with E-state index in [9.17, 15) is 4.79 Å². The average Bonchev–Trinajstić information content (AvgIpc) is 3.50. The summed E-state index contributed by atoms with van der Waals surface area (Å²) in [4.78, 5) is 24.6. The van der Waals surface area contributed by atoms with Gasteiger partial charge in [-0.1, -0.05) is 36.4 Å². The first-order chi connectivity index (χ1) is 17.6. The Morgan fingerprint density at radius 2 is 1.64 bits per heavy atom. The Hall–Kier alpha value is -3.55. The van der Waals surface area contributed by atoms with Crippen LogP contribution in [0.1, 0.15) is 24.5 Å². The first kappa shape index (κ1) is 21.7. The van der Waals surface area contributed by atoms with Gasteiger partial charge in [-0.05, 0) is 36.6 Å². The van der Waals surface area contributed by atoms with E-state index < -0.39 is 0 Å². The van der Waals surface area contributed by atoms with Crippen LogP contribution in [0.4, 0.5) is 0 Å². The molecule has 8 rings (SSSR count). The number of hydrogen-bond donors (Lipinski definition) is 2. The van der Waals surface area contributed by atoms with Crippen molar-refractivity contribution in [3.05, 3.63) is 83.8 Å². The van der Waals surface area contributed by atoms with Crippen molar-refractivity contribution in [1.29, 1.82) is 0 Å². The molecule has 0 unspecified atom stereocenters. The van der Waals surface area contributed by atoms with Crippen molar-refractivity contribution in [3.8, 4) is 0 Å². The van der Waals surface area contributed by atoms with E-state index in [2.05, 4.69) is 87.7 Å². The summed E-state index contributed by atoms with van der Waals surface area (Å²) in [6, 6.07) is 16.8. The summed E-state index contributed by atoms with van der Waals surface area (Å²) in [5.74, 6) is 0.0736. The van der Waals surface area contributed by atoms with Crippen LogP contribution >= 0.6 is 0 Å². The molecule has 6 heterocycles. The molecule has 4 aliphatic rings. The molecule has 7 nitrogen and oxygen atoms in total. The van der Waals surface area contributed by atoms with Crippen LogP contribution in [0.25, 0.3) is 21.8 Å². The van der Waals surface area contributed by atoms with Gasteiger partial charge in [0.1, 0.15) is 6.23 Å². The predicted molar refractivity (Wildman–Crippen MR) is 138 cm³/mol. The second-order valence-corrected chi connectivity index (χ2v) is 10.3. The maximum absolute atomic E-state index is 12.9. The Labute approximate surface area is 209 Å². The number of carbonyl (C=O) groups excluding carboxylic acids is 1. The van der Waals surface area contributed by atoms with Gasteiger partial charge in [0, 0.05) is 65.3 Å². The molecule has 0 radical (unpaired) electrons. The smallest absolute Gasteiger partial charge is 0.335 e. The molecular weight excluding hydrogens is 452 g/mol. The molecule has 2 aromatic carbocycles. The SMILES string of the molecule is COC(=O)C1=CN(Cc2c[nH]c3ccccc23)[C@@H]2[C@H]3[C@@H](C)O[C@H](C[C@@H]13)N2Cc1c[nH]c2ccccc12. The number of hydrogen-bond acceptors (Lipinski definition) is 5. The van der Waals surface area contributed by atoms with E-state index in [0.717, 1.165) is 29.6 Å². The number of esters is 1. The Morgan fingerprint density at radius 1 is 1.00 bits per heavy atom. The van der Waals surface area contributed by atoms with Gasteiger partial charge in [0.05, 0.1) is 25.0 Å². The zero-order chi connectivity index (χ0) is 24.4. The monoisotopic (exact) mass is 482 g/mol. The van der Waals surface area contributed by atoms with Crippen LogP contribution in [0.15, 0.2) is 72.7 Å². The van der Waals surface area contributed by atoms with Gasteiger partial charge in [-0.25, -0.2) is 4.79 Å². The molecule has 2 aromatic heterocycles. The molecule has 4 aliphatic heterocycles. The van der Waals surface area contributed by atoms with Crippen LogP contribution in [-0.2, 0) is 27.4 Å². The second kappa shape index (κ2) is 8.25. The largest absolute Gasteiger partial charge is 0.466 e. The van der Waals surface area contributed by atoms with Gasteiger partial charge in [-0.15, -0.1) is 0 Å². The van der Waals surface area contributed by atoms with Gasteiger partial charge >= 0.3 is 5.97 Å². The minimum atomic E-state index is -0.231. The van der Waals surface area contributed by atoms with E-state index in [1.54, 1.807) is 0 Å². The molecule has 0 aliphatic carbocycles. The third kappa shape index (κ3) is 3.23. The highest BCUT2D eigenvalue weighted by molar-refractivity contribution is 5.89. The summed E-state index contributed by atoms with van der Waals surface area (Å²) in [6.45, 7) is 3.63. The van der Waals surface area contributed by atoms with E-state index >= 15 is 0 Å². The predicted octanol–water partition coefficient (Wildman–Crippen LogP) is 4.73. The number of nitrogens with one attached hydrogen (secondary N) is 2. The van der Waals surface area contributed by atoms with Crippen molar-refractivity contribution in [2.24, 2.45) is 11.8 Å². The fourth-order valence-corrected chi connectivity index (χ4v) is 6.82. The summed E-state index contributed by atoms with van der Waals surface area (Å²) in [6.07, 6.45) is 7.19. The maximum atomic E-state index is 12.9. The van der Waals surface area contributed by atoms with E-state index in [4.69, 9.17) is 9.47 Å².